The van der Waals surface area contributed by atoms with E-state index in [1.165, 1.54) is 0 Å². The fourth-order valence-electron chi connectivity index (χ4n) is 1.65. The number of thioether (sulfide) groups is 1. The second kappa shape index (κ2) is 6.62. The van der Waals surface area contributed by atoms with Crippen molar-refractivity contribution in [1.82, 2.24) is 5.32 Å². The molecular weight excluding hydrogens is 226 g/mol. The normalized spacial score (nSPS) is 23.1. The summed E-state index contributed by atoms with van der Waals surface area (Å²) in [6.07, 6.45) is 2.14. The highest BCUT2D eigenvalue weighted by Crippen LogP contribution is 2.23. The number of amides is 1. The zero-order valence-electron chi connectivity index (χ0n) is 9.48. The number of hydrogen-bond donors (Lipinski definition) is 3. The van der Waals surface area contributed by atoms with Crippen molar-refractivity contribution in [3.8, 4) is 0 Å². The summed E-state index contributed by atoms with van der Waals surface area (Å²) < 4.78 is 0. The van der Waals surface area contributed by atoms with Crippen molar-refractivity contribution in [3.05, 3.63) is 0 Å². The minimum Gasteiger partial charge on any atom is -0.409 e. The molecule has 0 aromatic rings. The summed E-state index contributed by atoms with van der Waals surface area (Å²) in [5.41, 5.74) is 5.42. The van der Waals surface area contributed by atoms with Gasteiger partial charge in [0, 0.05) is 24.1 Å². The maximum absolute atomic E-state index is 11.8. The second-order valence-electron chi connectivity index (χ2n) is 3.97. The molecule has 1 saturated heterocycles. The Bertz CT molecular complexity index is 265. The Morgan fingerprint density at radius 1 is 1.75 bits per heavy atom. The standard InChI is InChI=1S/C10H19N3O2S/c1-2-8(5-9(11)13-15)12-10(14)7-3-4-16-6-7/h7-8,15H,2-6H2,1H3,(H2,11,13)(H,12,14). The number of oxime groups is 1. The summed E-state index contributed by atoms with van der Waals surface area (Å²) >= 11 is 1.81. The smallest absolute Gasteiger partial charge is 0.224 e. The van der Waals surface area contributed by atoms with Crippen LogP contribution in [-0.2, 0) is 4.79 Å². The number of nitrogens with two attached hydrogens (primary N) is 1. The lowest BCUT2D eigenvalue weighted by Crippen LogP contribution is -2.40. The SMILES string of the molecule is CCC(CC(N)=NO)NC(=O)C1CCSC1. The number of nitrogens with one attached hydrogen (secondary N) is 1. The third-order valence-electron chi connectivity index (χ3n) is 2.72. The summed E-state index contributed by atoms with van der Waals surface area (Å²) in [5, 5.41) is 14.3. The molecule has 1 aliphatic heterocycles. The molecule has 0 aromatic carbocycles. The molecule has 1 heterocycles. The van der Waals surface area contributed by atoms with Crippen molar-refractivity contribution < 1.29 is 10.0 Å². The van der Waals surface area contributed by atoms with Gasteiger partial charge in [-0.3, -0.25) is 4.79 Å². The van der Waals surface area contributed by atoms with Gasteiger partial charge in [0.25, 0.3) is 0 Å². The molecule has 0 aliphatic carbocycles. The summed E-state index contributed by atoms with van der Waals surface area (Å²) in [7, 11) is 0. The molecule has 2 atom stereocenters. The quantitative estimate of drug-likeness (QED) is 0.289. The van der Waals surface area contributed by atoms with E-state index in [0.29, 0.717) is 6.42 Å². The molecule has 0 spiro atoms. The average Bonchev–Trinajstić information content (AvgIpc) is 2.81. The molecule has 16 heavy (non-hydrogen) atoms. The number of hydrogen-bond acceptors (Lipinski definition) is 4. The monoisotopic (exact) mass is 245 g/mol. The molecule has 0 radical (unpaired) electrons. The van der Waals surface area contributed by atoms with Crippen LogP contribution in [0.4, 0.5) is 0 Å². The van der Waals surface area contributed by atoms with Crippen molar-refractivity contribution in [3.63, 3.8) is 0 Å². The fourth-order valence-corrected chi connectivity index (χ4v) is 2.87. The Morgan fingerprint density at radius 3 is 3.00 bits per heavy atom. The van der Waals surface area contributed by atoms with Gasteiger partial charge in [0.15, 0.2) is 0 Å². The lowest BCUT2D eigenvalue weighted by atomic mass is 10.1. The zero-order valence-corrected chi connectivity index (χ0v) is 10.3. The predicted molar refractivity (Wildman–Crippen MR) is 65.7 cm³/mol. The fraction of sp³-hybridized carbons (Fsp3) is 0.800. The Hall–Kier alpha value is -0.910. The highest BCUT2D eigenvalue weighted by Gasteiger charge is 2.24. The Morgan fingerprint density at radius 2 is 2.50 bits per heavy atom. The summed E-state index contributed by atoms with van der Waals surface area (Å²) in [5.74, 6) is 2.36. The Balaban J connectivity index is 2.39. The summed E-state index contributed by atoms with van der Waals surface area (Å²) in [4.78, 5) is 11.8. The second-order valence-corrected chi connectivity index (χ2v) is 5.12. The minimum atomic E-state index is -0.0333. The number of nitrogens with zero attached hydrogens (tertiary/aromatic N) is 1. The van der Waals surface area contributed by atoms with E-state index in [-0.39, 0.29) is 23.7 Å². The molecule has 1 aliphatic rings. The molecule has 4 N–H and O–H groups in total. The number of carbonyl (C=O) groups is 1. The summed E-state index contributed by atoms with van der Waals surface area (Å²) in [6.45, 7) is 1.97. The molecule has 92 valence electrons. The lowest BCUT2D eigenvalue weighted by Gasteiger charge is -2.18. The highest BCUT2D eigenvalue weighted by molar-refractivity contribution is 7.99. The molecule has 0 saturated carbocycles. The van der Waals surface area contributed by atoms with Gasteiger partial charge in [-0.1, -0.05) is 12.1 Å². The van der Waals surface area contributed by atoms with Crippen LogP contribution >= 0.6 is 11.8 Å². The van der Waals surface area contributed by atoms with Crippen LogP contribution in [0.1, 0.15) is 26.2 Å². The van der Waals surface area contributed by atoms with Gasteiger partial charge >= 0.3 is 0 Å². The number of carbonyl (C=O) groups excluding carboxylic acids is 1. The van der Waals surface area contributed by atoms with E-state index in [0.717, 1.165) is 24.3 Å². The molecule has 6 heteroatoms. The average molecular weight is 245 g/mol. The van der Waals surface area contributed by atoms with Gasteiger partial charge < -0.3 is 16.3 Å². The van der Waals surface area contributed by atoms with E-state index in [9.17, 15) is 4.79 Å². The van der Waals surface area contributed by atoms with Gasteiger partial charge in [0.05, 0.1) is 0 Å². The predicted octanol–water partition coefficient (Wildman–Crippen LogP) is 0.771. The van der Waals surface area contributed by atoms with E-state index in [1.54, 1.807) is 0 Å². The van der Waals surface area contributed by atoms with Gasteiger partial charge in [-0.05, 0) is 18.6 Å². The molecule has 1 fully saturated rings. The van der Waals surface area contributed by atoms with Gasteiger partial charge in [-0.15, -0.1) is 0 Å². The van der Waals surface area contributed by atoms with E-state index >= 15 is 0 Å². The van der Waals surface area contributed by atoms with Crippen LogP contribution in [0, 0.1) is 5.92 Å². The van der Waals surface area contributed by atoms with E-state index in [4.69, 9.17) is 10.9 Å². The van der Waals surface area contributed by atoms with Crippen molar-refractivity contribution in [2.45, 2.75) is 32.2 Å². The van der Waals surface area contributed by atoms with Gasteiger partial charge in [0.1, 0.15) is 5.84 Å². The molecule has 2 unspecified atom stereocenters. The van der Waals surface area contributed by atoms with Crippen LogP contribution in [0.15, 0.2) is 5.16 Å². The van der Waals surface area contributed by atoms with Crippen LogP contribution in [0.3, 0.4) is 0 Å². The topological polar surface area (TPSA) is 87.7 Å². The van der Waals surface area contributed by atoms with E-state index in [1.807, 2.05) is 18.7 Å². The third-order valence-corrected chi connectivity index (χ3v) is 3.89. The van der Waals surface area contributed by atoms with E-state index < -0.39 is 0 Å². The molecule has 0 bridgehead atoms. The van der Waals surface area contributed by atoms with Crippen molar-refractivity contribution >= 4 is 23.5 Å². The van der Waals surface area contributed by atoms with Crippen molar-refractivity contribution in [1.29, 1.82) is 0 Å². The summed E-state index contributed by atoms with van der Waals surface area (Å²) in [6, 6.07) is -0.0333. The van der Waals surface area contributed by atoms with Gasteiger partial charge in [-0.2, -0.15) is 11.8 Å². The molecule has 0 aromatic heterocycles. The van der Waals surface area contributed by atoms with Crippen LogP contribution in [-0.4, -0.2) is 34.5 Å². The highest BCUT2D eigenvalue weighted by atomic mass is 32.2. The largest absolute Gasteiger partial charge is 0.409 e. The Labute approximate surface area is 99.8 Å². The lowest BCUT2D eigenvalue weighted by molar-refractivity contribution is -0.124. The first-order chi connectivity index (χ1) is 7.67. The number of rotatable bonds is 5. The molecule has 1 rings (SSSR count). The van der Waals surface area contributed by atoms with Gasteiger partial charge in [-0.25, -0.2) is 0 Å². The zero-order chi connectivity index (χ0) is 12.0. The minimum absolute atomic E-state index is 0.0333. The molecular formula is C10H19N3O2S. The van der Waals surface area contributed by atoms with Crippen molar-refractivity contribution in [2.24, 2.45) is 16.8 Å². The van der Waals surface area contributed by atoms with Gasteiger partial charge in [0.2, 0.25) is 5.91 Å². The molecule has 5 nitrogen and oxygen atoms in total. The first kappa shape index (κ1) is 13.2. The Kier molecular flexibility index (Phi) is 5.45. The molecule has 1 amide bonds. The number of amidine groups is 1. The van der Waals surface area contributed by atoms with Crippen LogP contribution in [0.5, 0.6) is 0 Å². The van der Waals surface area contributed by atoms with Crippen molar-refractivity contribution in [2.75, 3.05) is 11.5 Å². The first-order valence-electron chi connectivity index (χ1n) is 5.51. The maximum Gasteiger partial charge on any atom is 0.224 e. The van der Waals surface area contributed by atoms with Crippen LogP contribution in [0.25, 0.3) is 0 Å². The first-order valence-corrected chi connectivity index (χ1v) is 6.67. The third kappa shape index (κ3) is 3.92. The van der Waals surface area contributed by atoms with Crippen LogP contribution < -0.4 is 11.1 Å². The van der Waals surface area contributed by atoms with E-state index in [2.05, 4.69) is 10.5 Å². The van der Waals surface area contributed by atoms with Crippen LogP contribution in [0.2, 0.25) is 0 Å². The maximum atomic E-state index is 11.8.